The van der Waals surface area contributed by atoms with Crippen molar-refractivity contribution in [3.8, 4) is 11.3 Å². The van der Waals surface area contributed by atoms with Crippen molar-refractivity contribution in [1.29, 1.82) is 0 Å². The number of carboxylic acid groups (broad SMARTS) is 1. The van der Waals surface area contributed by atoms with Crippen LogP contribution in [-0.4, -0.2) is 35.9 Å². The first-order valence-corrected chi connectivity index (χ1v) is 11.5. The second kappa shape index (κ2) is 9.17. The number of nitrogens with zero attached hydrogens (tertiary/aromatic N) is 1. The number of nitrogens with one attached hydrogen (secondary N) is 2. The third kappa shape index (κ3) is 5.06. The molecule has 0 spiro atoms. The number of benzene rings is 2. The van der Waals surface area contributed by atoms with E-state index in [1.54, 1.807) is 22.9 Å². The Balaban J connectivity index is 1.63. The summed E-state index contributed by atoms with van der Waals surface area (Å²) in [6.07, 6.45) is -6.26. The lowest BCUT2D eigenvalue weighted by Crippen LogP contribution is -2.49. The normalized spacial score (nSPS) is 18.8. The van der Waals surface area contributed by atoms with Crippen molar-refractivity contribution in [3.63, 3.8) is 0 Å². The van der Waals surface area contributed by atoms with E-state index in [1.165, 1.54) is 42.5 Å². The maximum atomic E-state index is 13.4. The number of carboxylic acids is 1. The van der Waals surface area contributed by atoms with Crippen molar-refractivity contribution in [2.45, 2.75) is 24.9 Å². The number of alkyl halides is 3. The van der Waals surface area contributed by atoms with Gasteiger partial charge in [-0.3, -0.25) is 14.9 Å². The van der Waals surface area contributed by atoms with E-state index in [0.717, 1.165) is 6.07 Å². The fraction of sp³-hybridized carbons (Fsp3) is 0.182. The number of amides is 1. The highest BCUT2D eigenvalue weighted by atomic mass is 32.2. The van der Waals surface area contributed by atoms with Gasteiger partial charge in [0.1, 0.15) is 17.6 Å². The van der Waals surface area contributed by atoms with Crippen molar-refractivity contribution < 1.29 is 40.7 Å². The fourth-order valence-corrected chi connectivity index (χ4v) is 4.88. The Morgan fingerprint density at radius 1 is 1.09 bits per heavy atom. The Kier molecular flexibility index (Phi) is 6.40. The maximum Gasteiger partial charge on any atom is 0.417 e. The summed E-state index contributed by atoms with van der Waals surface area (Å²) < 4.78 is 73.1. The third-order valence-electron chi connectivity index (χ3n) is 5.25. The smallest absolute Gasteiger partial charge is 0.417 e. The van der Waals surface area contributed by atoms with E-state index in [9.17, 15) is 36.3 Å². The summed E-state index contributed by atoms with van der Waals surface area (Å²) in [6, 6.07) is 13.7. The predicted molar refractivity (Wildman–Crippen MR) is 115 cm³/mol. The maximum absolute atomic E-state index is 13.4. The Hall–Kier alpha value is -3.68. The molecular formula is C22H18F3N3O6S. The second-order valence-corrected chi connectivity index (χ2v) is 9.20. The van der Waals surface area contributed by atoms with Gasteiger partial charge in [0.05, 0.1) is 12.1 Å². The average Bonchev–Trinajstić information content (AvgIpc) is 3.34. The summed E-state index contributed by atoms with van der Waals surface area (Å²) in [5.41, 5.74) is -0.895. The van der Waals surface area contributed by atoms with Gasteiger partial charge in [0.2, 0.25) is 0 Å². The molecule has 9 nitrogen and oxygen atoms in total. The molecule has 2 aromatic carbocycles. The molecule has 1 aliphatic heterocycles. The number of hydrogen-bond donors (Lipinski definition) is 3. The van der Waals surface area contributed by atoms with Crippen LogP contribution in [0.5, 0.6) is 0 Å². The molecule has 0 aliphatic carbocycles. The number of furan rings is 1. The molecule has 0 unspecified atom stereocenters. The van der Waals surface area contributed by atoms with E-state index in [4.69, 9.17) is 4.42 Å². The van der Waals surface area contributed by atoms with E-state index in [0.29, 0.717) is 4.31 Å². The van der Waals surface area contributed by atoms with Crippen molar-refractivity contribution >= 4 is 22.1 Å². The molecule has 1 fully saturated rings. The monoisotopic (exact) mass is 509 g/mol. The summed E-state index contributed by atoms with van der Waals surface area (Å²) in [4.78, 5) is 24.2. The first-order chi connectivity index (χ1) is 16.5. The second-order valence-electron chi connectivity index (χ2n) is 7.58. The van der Waals surface area contributed by atoms with Gasteiger partial charge < -0.3 is 9.52 Å². The molecule has 0 radical (unpaired) electrons. The largest absolute Gasteiger partial charge is 0.480 e. The van der Waals surface area contributed by atoms with Gasteiger partial charge in [0, 0.05) is 5.56 Å². The van der Waals surface area contributed by atoms with Gasteiger partial charge in [-0.25, -0.2) is 4.72 Å². The van der Waals surface area contributed by atoms with Crippen LogP contribution < -0.4 is 10.0 Å². The number of rotatable bonds is 7. The summed E-state index contributed by atoms with van der Waals surface area (Å²) in [5, 5.41) is 12.1. The molecule has 1 aromatic heterocycles. The zero-order valence-electron chi connectivity index (χ0n) is 17.7. The fourth-order valence-electron chi connectivity index (χ4n) is 3.67. The molecular weight excluding hydrogens is 491 g/mol. The topological polar surface area (TPSA) is 129 Å². The van der Waals surface area contributed by atoms with E-state index in [-0.39, 0.29) is 22.6 Å². The summed E-state index contributed by atoms with van der Waals surface area (Å²) in [7, 11) is -4.39. The molecule has 13 heteroatoms. The molecule has 35 heavy (non-hydrogen) atoms. The highest BCUT2D eigenvalue weighted by molar-refractivity contribution is 7.88. The number of carbonyl (C=O) groups excluding carboxylic acids is 1. The minimum absolute atomic E-state index is 0.0598. The molecule has 1 amide bonds. The van der Waals surface area contributed by atoms with Gasteiger partial charge in [0.25, 0.3) is 5.91 Å². The van der Waals surface area contributed by atoms with Crippen LogP contribution in [0.15, 0.2) is 71.1 Å². The van der Waals surface area contributed by atoms with Crippen LogP contribution in [-0.2, 0) is 32.5 Å². The minimum Gasteiger partial charge on any atom is -0.480 e. The van der Waals surface area contributed by atoms with Gasteiger partial charge in [-0.15, -0.1) is 0 Å². The van der Waals surface area contributed by atoms with E-state index < -0.39 is 52.6 Å². The zero-order valence-corrected chi connectivity index (χ0v) is 18.5. The number of carbonyl (C=O) groups is 2. The number of halogens is 3. The Bertz CT molecular complexity index is 1360. The Labute approximate surface area is 197 Å². The molecule has 1 aliphatic rings. The molecule has 1 saturated heterocycles. The van der Waals surface area contributed by atoms with Gasteiger partial charge in [-0.1, -0.05) is 48.5 Å². The highest BCUT2D eigenvalue weighted by Gasteiger charge is 2.46. The van der Waals surface area contributed by atoms with Gasteiger partial charge in [-0.05, 0) is 23.8 Å². The van der Waals surface area contributed by atoms with Gasteiger partial charge in [-0.2, -0.15) is 25.9 Å². The number of aliphatic carboxylic acids is 1. The summed E-state index contributed by atoms with van der Waals surface area (Å²) >= 11 is 0. The Morgan fingerprint density at radius 2 is 1.74 bits per heavy atom. The molecule has 4 rings (SSSR count). The number of hydrogen-bond acceptors (Lipinski definition) is 6. The molecule has 0 saturated carbocycles. The molecule has 184 valence electrons. The van der Waals surface area contributed by atoms with Crippen LogP contribution in [0.3, 0.4) is 0 Å². The van der Waals surface area contributed by atoms with Crippen molar-refractivity contribution in [2.24, 2.45) is 0 Å². The van der Waals surface area contributed by atoms with Gasteiger partial charge >= 0.3 is 22.4 Å². The standard InChI is InChI=1S/C22H18F3N3O6S/c23-22(24,25)16-9-5-4-8-15(16)17-11-10-14(34-17)12-28-19(20(29)27-35(28,32)33)26-18(21(30)31)13-6-2-1-3-7-13/h1-11,18-19,26H,12H2,(H,27,29)(H,30,31)/t18-,19+/m0/s1. The van der Waals surface area contributed by atoms with E-state index in [1.807, 2.05) is 0 Å². The Morgan fingerprint density at radius 3 is 2.40 bits per heavy atom. The van der Waals surface area contributed by atoms with Gasteiger partial charge in [0.15, 0.2) is 6.17 Å². The first kappa shape index (κ1) is 24.4. The predicted octanol–water partition coefficient (Wildman–Crippen LogP) is 2.88. The minimum atomic E-state index is -4.64. The SMILES string of the molecule is O=C(O)[C@@H](N[C@H]1C(=O)NS(=O)(=O)N1Cc1ccc(-c2ccccc2C(F)(F)F)o1)c1ccccc1. The quantitative estimate of drug-likeness (QED) is 0.447. The van der Waals surface area contributed by atoms with Crippen LogP contribution in [0.1, 0.15) is 22.9 Å². The summed E-state index contributed by atoms with van der Waals surface area (Å²) in [5.74, 6) is -2.57. The van der Waals surface area contributed by atoms with Crippen molar-refractivity contribution in [1.82, 2.24) is 14.3 Å². The lowest BCUT2D eigenvalue weighted by molar-refractivity contribution is -0.140. The zero-order chi connectivity index (χ0) is 25.4. The summed E-state index contributed by atoms with van der Waals surface area (Å²) in [6.45, 7) is -0.548. The molecule has 0 bridgehead atoms. The van der Waals surface area contributed by atoms with Crippen LogP contribution in [0.4, 0.5) is 13.2 Å². The highest BCUT2D eigenvalue weighted by Crippen LogP contribution is 2.37. The lowest BCUT2D eigenvalue weighted by Gasteiger charge is -2.23. The molecule has 2 heterocycles. The lowest BCUT2D eigenvalue weighted by atomic mass is 10.1. The van der Waals surface area contributed by atoms with Crippen LogP contribution in [0, 0.1) is 0 Å². The molecule has 3 aromatic rings. The van der Waals surface area contributed by atoms with Crippen molar-refractivity contribution in [2.75, 3.05) is 0 Å². The average molecular weight is 509 g/mol. The molecule has 3 N–H and O–H groups in total. The van der Waals surface area contributed by atoms with E-state index in [2.05, 4.69) is 5.32 Å². The van der Waals surface area contributed by atoms with Crippen molar-refractivity contribution in [3.05, 3.63) is 83.6 Å². The van der Waals surface area contributed by atoms with Crippen LogP contribution in [0.2, 0.25) is 0 Å². The molecule has 2 atom stereocenters. The van der Waals surface area contributed by atoms with Crippen LogP contribution >= 0.6 is 0 Å². The van der Waals surface area contributed by atoms with Crippen LogP contribution in [0.25, 0.3) is 11.3 Å². The third-order valence-corrected chi connectivity index (χ3v) is 6.67. The van der Waals surface area contributed by atoms with E-state index >= 15 is 0 Å². The first-order valence-electron chi connectivity index (χ1n) is 10.1.